The van der Waals surface area contributed by atoms with Gasteiger partial charge in [0.05, 0.1) is 26.4 Å². The van der Waals surface area contributed by atoms with Crippen molar-refractivity contribution in [1.82, 2.24) is 0 Å². The molecule has 0 unspecified atom stereocenters. The van der Waals surface area contributed by atoms with Gasteiger partial charge in [0.2, 0.25) is 0 Å². The molecule has 126 valence electrons. The fourth-order valence-corrected chi connectivity index (χ4v) is 3.10. The van der Waals surface area contributed by atoms with Crippen molar-refractivity contribution in [3.8, 4) is 0 Å². The van der Waals surface area contributed by atoms with E-state index in [0.717, 1.165) is 64.8 Å². The third kappa shape index (κ3) is 5.28. The first-order chi connectivity index (χ1) is 11.3. The first-order valence-electron chi connectivity index (χ1n) is 8.51. The largest absolute Gasteiger partial charge is 0.370 e. The minimum absolute atomic E-state index is 0.0773. The summed E-state index contributed by atoms with van der Waals surface area (Å²) in [7, 11) is 0. The summed E-state index contributed by atoms with van der Waals surface area (Å²) in [5.74, 6) is 0.0773. The van der Waals surface area contributed by atoms with Crippen LogP contribution in [0.4, 0.5) is 5.69 Å². The highest BCUT2D eigenvalue weighted by molar-refractivity contribution is 5.91. The fourth-order valence-electron chi connectivity index (χ4n) is 3.10. The van der Waals surface area contributed by atoms with Gasteiger partial charge in [-0.3, -0.25) is 4.79 Å². The van der Waals surface area contributed by atoms with Gasteiger partial charge in [-0.2, -0.15) is 0 Å². The molecule has 0 radical (unpaired) electrons. The van der Waals surface area contributed by atoms with Crippen molar-refractivity contribution in [2.24, 2.45) is 0 Å². The second-order valence-electron chi connectivity index (χ2n) is 6.32. The van der Waals surface area contributed by atoms with Crippen LogP contribution < -0.4 is 15.1 Å². The molecule has 0 bridgehead atoms. The molecule has 0 aromatic heterocycles. The van der Waals surface area contributed by atoms with Gasteiger partial charge in [0.25, 0.3) is 5.91 Å². The lowest BCUT2D eigenvalue weighted by Crippen LogP contribution is -3.15. The molecule has 23 heavy (non-hydrogen) atoms. The normalized spacial score (nSPS) is 20.3. The van der Waals surface area contributed by atoms with E-state index in [9.17, 15) is 4.79 Å². The summed E-state index contributed by atoms with van der Waals surface area (Å²) >= 11 is 0. The molecular weight excluding hydrogens is 294 g/mol. The van der Waals surface area contributed by atoms with Crippen molar-refractivity contribution in [3.05, 3.63) is 29.8 Å². The van der Waals surface area contributed by atoms with Gasteiger partial charge in [-0.15, -0.1) is 0 Å². The van der Waals surface area contributed by atoms with E-state index in [2.05, 4.69) is 17.4 Å². The molecular formula is C17H27N3O3+2. The highest BCUT2D eigenvalue weighted by Crippen LogP contribution is 2.08. The van der Waals surface area contributed by atoms with Crippen molar-refractivity contribution < 1.29 is 24.1 Å². The van der Waals surface area contributed by atoms with Gasteiger partial charge in [0, 0.05) is 11.3 Å². The lowest BCUT2D eigenvalue weighted by molar-refractivity contribution is -0.921. The minimum Gasteiger partial charge on any atom is -0.370 e. The number of nitrogens with one attached hydrogen (secondary N) is 3. The van der Waals surface area contributed by atoms with Crippen molar-refractivity contribution in [2.45, 2.75) is 6.54 Å². The second-order valence-corrected chi connectivity index (χ2v) is 6.32. The number of ether oxygens (including phenoxy) is 2. The molecule has 2 saturated heterocycles. The third-order valence-corrected chi connectivity index (χ3v) is 4.50. The SMILES string of the molecule is O=C(C[NH+]1CCOCC1)Nc1ccc(C[NH+]2CCOCC2)cc1. The number of anilines is 1. The summed E-state index contributed by atoms with van der Waals surface area (Å²) in [6.45, 7) is 8.71. The first kappa shape index (κ1) is 16.4. The number of hydrogen-bond donors (Lipinski definition) is 3. The molecule has 6 nitrogen and oxygen atoms in total. The van der Waals surface area contributed by atoms with Crippen LogP contribution in [-0.4, -0.2) is 65.1 Å². The van der Waals surface area contributed by atoms with Crippen LogP contribution in [0.15, 0.2) is 24.3 Å². The summed E-state index contributed by atoms with van der Waals surface area (Å²) in [6, 6.07) is 8.23. The summed E-state index contributed by atoms with van der Waals surface area (Å²) in [6.07, 6.45) is 0. The van der Waals surface area contributed by atoms with E-state index in [4.69, 9.17) is 9.47 Å². The Morgan fingerprint density at radius 2 is 1.48 bits per heavy atom. The number of hydrogen-bond acceptors (Lipinski definition) is 3. The molecule has 0 aliphatic carbocycles. The van der Waals surface area contributed by atoms with Crippen LogP contribution in [0.5, 0.6) is 0 Å². The molecule has 2 aliphatic rings. The number of morpholine rings is 2. The zero-order chi connectivity index (χ0) is 15.9. The van der Waals surface area contributed by atoms with Crippen LogP contribution in [0, 0.1) is 0 Å². The Morgan fingerprint density at radius 3 is 2.09 bits per heavy atom. The summed E-state index contributed by atoms with van der Waals surface area (Å²) in [5.41, 5.74) is 2.18. The predicted octanol–water partition coefficient (Wildman–Crippen LogP) is -2.04. The Balaban J connectivity index is 1.45. The van der Waals surface area contributed by atoms with Crippen LogP contribution in [-0.2, 0) is 20.8 Å². The van der Waals surface area contributed by atoms with Crippen molar-refractivity contribution in [1.29, 1.82) is 0 Å². The average Bonchev–Trinajstić information content (AvgIpc) is 2.58. The van der Waals surface area contributed by atoms with Gasteiger partial charge in [-0.05, 0) is 12.1 Å². The summed E-state index contributed by atoms with van der Waals surface area (Å²) in [5, 5.41) is 2.99. The highest BCUT2D eigenvalue weighted by atomic mass is 16.5. The maximum Gasteiger partial charge on any atom is 0.279 e. The maximum absolute atomic E-state index is 12.1. The number of rotatable bonds is 5. The van der Waals surface area contributed by atoms with E-state index in [1.807, 2.05) is 12.1 Å². The van der Waals surface area contributed by atoms with Crippen LogP contribution in [0.25, 0.3) is 0 Å². The summed E-state index contributed by atoms with van der Waals surface area (Å²) in [4.78, 5) is 14.9. The lowest BCUT2D eigenvalue weighted by Gasteiger charge is -2.24. The molecule has 1 aromatic rings. The number of amides is 1. The third-order valence-electron chi connectivity index (χ3n) is 4.50. The monoisotopic (exact) mass is 321 g/mol. The molecule has 3 rings (SSSR count). The molecule has 0 spiro atoms. The fraction of sp³-hybridized carbons (Fsp3) is 0.588. The first-order valence-corrected chi connectivity index (χ1v) is 8.51. The smallest absolute Gasteiger partial charge is 0.279 e. The quantitative estimate of drug-likeness (QED) is 0.585. The number of carbonyl (C=O) groups is 1. The van der Waals surface area contributed by atoms with Gasteiger partial charge < -0.3 is 24.6 Å². The van der Waals surface area contributed by atoms with Crippen LogP contribution >= 0.6 is 0 Å². The van der Waals surface area contributed by atoms with Crippen molar-refractivity contribution >= 4 is 11.6 Å². The van der Waals surface area contributed by atoms with E-state index in [1.165, 1.54) is 10.5 Å². The lowest BCUT2D eigenvalue weighted by atomic mass is 10.2. The Bertz CT molecular complexity index is 494. The van der Waals surface area contributed by atoms with E-state index in [-0.39, 0.29) is 5.91 Å². The van der Waals surface area contributed by atoms with E-state index >= 15 is 0 Å². The zero-order valence-electron chi connectivity index (χ0n) is 13.6. The van der Waals surface area contributed by atoms with Gasteiger partial charge in [0.1, 0.15) is 32.7 Å². The summed E-state index contributed by atoms with van der Waals surface area (Å²) < 4.78 is 10.7. The van der Waals surface area contributed by atoms with Gasteiger partial charge >= 0.3 is 0 Å². The Labute approximate surface area is 137 Å². The van der Waals surface area contributed by atoms with E-state index in [1.54, 1.807) is 4.90 Å². The molecule has 2 fully saturated rings. The molecule has 2 heterocycles. The Morgan fingerprint density at radius 1 is 0.913 bits per heavy atom. The van der Waals surface area contributed by atoms with E-state index in [0.29, 0.717) is 6.54 Å². The highest BCUT2D eigenvalue weighted by Gasteiger charge is 2.18. The maximum atomic E-state index is 12.1. The Hall–Kier alpha value is -1.47. The minimum atomic E-state index is 0.0773. The molecule has 0 saturated carbocycles. The van der Waals surface area contributed by atoms with Crippen molar-refractivity contribution in [3.63, 3.8) is 0 Å². The number of carbonyl (C=O) groups excluding carboxylic acids is 1. The molecule has 3 N–H and O–H groups in total. The Kier molecular flexibility index (Phi) is 5.99. The predicted molar refractivity (Wildman–Crippen MR) is 86.7 cm³/mol. The zero-order valence-corrected chi connectivity index (χ0v) is 13.6. The number of quaternary nitrogens is 2. The van der Waals surface area contributed by atoms with Gasteiger partial charge in [0.15, 0.2) is 6.54 Å². The molecule has 1 amide bonds. The molecule has 1 aromatic carbocycles. The molecule has 2 aliphatic heterocycles. The second kappa shape index (κ2) is 8.40. The van der Waals surface area contributed by atoms with Gasteiger partial charge in [-0.25, -0.2) is 0 Å². The van der Waals surface area contributed by atoms with Gasteiger partial charge in [-0.1, -0.05) is 12.1 Å². The molecule has 0 atom stereocenters. The van der Waals surface area contributed by atoms with Crippen molar-refractivity contribution in [2.75, 3.05) is 64.5 Å². The molecule has 6 heteroatoms. The van der Waals surface area contributed by atoms with Crippen LogP contribution in [0.2, 0.25) is 0 Å². The average molecular weight is 321 g/mol. The van der Waals surface area contributed by atoms with Crippen LogP contribution in [0.1, 0.15) is 5.56 Å². The van der Waals surface area contributed by atoms with Crippen LogP contribution in [0.3, 0.4) is 0 Å². The van der Waals surface area contributed by atoms with E-state index < -0.39 is 0 Å². The number of benzene rings is 1. The standard InChI is InChI=1S/C17H25N3O3/c21-17(14-20-7-11-23-12-8-20)18-16-3-1-15(2-4-16)13-19-5-9-22-10-6-19/h1-4H,5-14H2,(H,18,21)/p+2. The topological polar surface area (TPSA) is 56.4 Å².